The minimum Gasteiger partial charge on any atom is -0.282 e. The van der Waals surface area contributed by atoms with Crippen LogP contribution in [0.1, 0.15) is 5.56 Å². The van der Waals surface area contributed by atoms with Crippen molar-refractivity contribution in [3.63, 3.8) is 0 Å². The maximum Gasteiger partial charge on any atom is 0.296 e. The summed E-state index contributed by atoms with van der Waals surface area (Å²) in [4.78, 5) is 3.41. The Kier molecular flexibility index (Phi) is 4.23. The topological polar surface area (TPSA) is 106 Å². The highest BCUT2D eigenvalue weighted by atomic mass is 32.2. The Morgan fingerprint density at radius 3 is 2.24 bits per heavy atom. The van der Waals surface area contributed by atoms with Gasteiger partial charge in [0.1, 0.15) is 4.90 Å². The summed E-state index contributed by atoms with van der Waals surface area (Å²) in [5, 5.41) is 0. The maximum absolute atomic E-state index is 12.9. The van der Waals surface area contributed by atoms with E-state index in [4.69, 9.17) is 0 Å². The van der Waals surface area contributed by atoms with Gasteiger partial charge >= 0.3 is 0 Å². The monoisotopic (exact) mass is 378 g/mol. The number of hydrogen-bond donors (Lipinski definition) is 1. The quantitative estimate of drug-likeness (QED) is 0.699. The predicted octanol–water partition coefficient (Wildman–Crippen LogP) is 2.34. The summed E-state index contributed by atoms with van der Waals surface area (Å²) in [6.07, 6.45) is 3.80. The highest BCUT2D eigenvalue weighted by Crippen LogP contribution is 2.28. The Bertz CT molecular complexity index is 1120. The lowest BCUT2D eigenvalue weighted by atomic mass is 10.2. The van der Waals surface area contributed by atoms with Gasteiger partial charge in [0.2, 0.25) is 0 Å². The molecule has 0 fully saturated rings. The zero-order valence-corrected chi connectivity index (χ0v) is 14.7. The molecule has 1 N–H and O–H groups in total. The van der Waals surface area contributed by atoms with Crippen LogP contribution >= 0.6 is 0 Å². The third kappa shape index (κ3) is 3.34. The number of pyridine rings is 1. The lowest BCUT2D eigenvalue weighted by molar-refractivity contribution is 0.483. The summed E-state index contributed by atoms with van der Waals surface area (Å²) in [7, 11) is -8.63. The third-order valence-electron chi connectivity index (χ3n) is 3.59. The van der Waals surface area contributed by atoms with Crippen LogP contribution in [0.25, 0.3) is 11.3 Å². The number of nitrogens with zero attached hydrogens (tertiary/aromatic N) is 2. The van der Waals surface area contributed by atoms with E-state index in [1.165, 1.54) is 24.5 Å². The molecular formula is C16H14N2O5S2. The molecule has 0 amide bonds. The summed E-state index contributed by atoms with van der Waals surface area (Å²) in [6.45, 7) is 1.82. The van der Waals surface area contributed by atoms with E-state index in [2.05, 4.69) is 4.98 Å². The van der Waals surface area contributed by atoms with Gasteiger partial charge in [-0.1, -0.05) is 17.7 Å². The van der Waals surface area contributed by atoms with Gasteiger partial charge in [-0.2, -0.15) is 8.42 Å². The first-order chi connectivity index (χ1) is 11.7. The summed E-state index contributed by atoms with van der Waals surface area (Å²) >= 11 is 0. The smallest absolute Gasteiger partial charge is 0.282 e. The Balaban J connectivity index is 2.28. The van der Waals surface area contributed by atoms with Gasteiger partial charge in [0.05, 0.1) is 10.6 Å². The Morgan fingerprint density at radius 2 is 1.68 bits per heavy atom. The van der Waals surface area contributed by atoms with E-state index >= 15 is 0 Å². The fourth-order valence-electron chi connectivity index (χ4n) is 2.31. The molecule has 0 bridgehead atoms. The highest BCUT2D eigenvalue weighted by Gasteiger charge is 2.25. The number of benzene rings is 1. The first-order valence-electron chi connectivity index (χ1n) is 7.12. The van der Waals surface area contributed by atoms with Crippen LogP contribution in [0.2, 0.25) is 0 Å². The largest absolute Gasteiger partial charge is 0.296 e. The fraction of sp³-hybridized carbons (Fsp3) is 0.0625. The van der Waals surface area contributed by atoms with E-state index < -0.39 is 25.0 Å². The molecule has 0 spiro atoms. The molecule has 0 aliphatic heterocycles. The second kappa shape index (κ2) is 6.10. The molecule has 9 heteroatoms. The molecule has 3 aromatic rings. The standard InChI is InChI=1S/C16H14N2O5S2/c1-12-4-6-14(7-5-12)24(19,20)18-11-15(25(21,22)23)9-16(18)13-3-2-8-17-10-13/h2-11H,1H3,(H,21,22,23). The molecule has 25 heavy (non-hydrogen) atoms. The second-order valence-corrected chi connectivity index (χ2v) is 8.63. The van der Waals surface area contributed by atoms with Crippen molar-refractivity contribution < 1.29 is 21.4 Å². The molecule has 7 nitrogen and oxygen atoms in total. The molecule has 0 unspecified atom stereocenters. The molecule has 1 aromatic carbocycles. The van der Waals surface area contributed by atoms with Crippen molar-refractivity contribution in [3.8, 4) is 11.3 Å². The van der Waals surface area contributed by atoms with E-state index in [0.29, 0.717) is 5.56 Å². The van der Waals surface area contributed by atoms with E-state index in [9.17, 15) is 21.4 Å². The normalized spacial score (nSPS) is 12.2. The van der Waals surface area contributed by atoms with Crippen molar-refractivity contribution in [2.45, 2.75) is 16.7 Å². The molecule has 3 rings (SSSR count). The SMILES string of the molecule is Cc1ccc(S(=O)(=O)n2cc(S(=O)(=O)O)cc2-c2cccnc2)cc1. The van der Waals surface area contributed by atoms with Crippen LogP contribution in [0.4, 0.5) is 0 Å². The van der Waals surface area contributed by atoms with Crippen LogP contribution in [-0.2, 0) is 20.1 Å². The van der Waals surface area contributed by atoms with E-state index in [-0.39, 0.29) is 10.6 Å². The van der Waals surface area contributed by atoms with Crippen LogP contribution in [0, 0.1) is 6.92 Å². The lowest BCUT2D eigenvalue weighted by Crippen LogP contribution is -2.13. The minimum absolute atomic E-state index is 0.000674. The number of hydrogen-bond acceptors (Lipinski definition) is 5. The molecule has 0 atom stereocenters. The predicted molar refractivity (Wildman–Crippen MR) is 91.2 cm³/mol. The molecule has 0 aliphatic rings. The molecule has 0 saturated carbocycles. The van der Waals surface area contributed by atoms with Crippen molar-refractivity contribution in [1.29, 1.82) is 0 Å². The Hall–Kier alpha value is -2.49. The van der Waals surface area contributed by atoms with Crippen LogP contribution in [0.15, 0.2) is 70.8 Å². The first kappa shape index (κ1) is 17.3. The summed E-state index contributed by atoms with van der Waals surface area (Å²) in [5.74, 6) is 0. The maximum atomic E-state index is 12.9. The average Bonchev–Trinajstić information content (AvgIpc) is 3.02. The molecule has 0 radical (unpaired) electrons. The van der Waals surface area contributed by atoms with Gasteiger partial charge in [-0.25, -0.2) is 12.4 Å². The molecule has 0 aliphatic carbocycles. The lowest BCUT2D eigenvalue weighted by Gasteiger charge is -2.10. The highest BCUT2D eigenvalue weighted by molar-refractivity contribution is 7.90. The Morgan fingerprint density at radius 1 is 1.00 bits per heavy atom. The van der Waals surface area contributed by atoms with Crippen molar-refractivity contribution in [2.75, 3.05) is 0 Å². The third-order valence-corrected chi connectivity index (χ3v) is 6.10. The molecular weight excluding hydrogens is 364 g/mol. The van der Waals surface area contributed by atoms with Gasteiger partial charge in [0, 0.05) is 24.2 Å². The number of aromatic nitrogens is 2. The molecule has 2 heterocycles. The number of rotatable bonds is 4. The van der Waals surface area contributed by atoms with Crippen molar-refractivity contribution in [2.24, 2.45) is 0 Å². The van der Waals surface area contributed by atoms with Gasteiger partial charge in [0.15, 0.2) is 0 Å². The molecule has 0 saturated heterocycles. The van der Waals surface area contributed by atoms with Crippen molar-refractivity contribution >= 4 is 20.1 Å². The van der Waals surface area contributed by atoms with Gasteiger partial charge in [-0.3, -0.25) is 9.54 Å². The van der Waals surface area contributed by atoms with Gasteiger partial charge in [-0.15, -0.1) is 0 Å². The molecule has 130 valence electrons. The summed E-state index contributed by atoms with van der Waals surface area (Å²) in [5.41, 5.74) is 1.37. The minimum atomic E-state index is -4.57. The summed E-state index contributed by atoms with van der Waals surface area (Å²) in [6, 6.07) is 10.4. The average molecular weight is 378 g/mol. The van der Waals surface area contributed by atoms with Crippen LogP contribution < -0.4 is 0 Å². The van der Waals surface area contributed by atoms with Crippen LogP contribution in [0.5, 0.6) is 0 Å². The van der Waals surface area contributed by atoms with E-state index in [1.54, 1.807) is 24.3 Å². The second-order valence-electron chi connectivity index (χ2n) is 5.39. The van der Waals surface area contributed by atoms with E-state index in [1.807, 2.05) is 6.92 Å². The van der Waals surface area contributed by atoms with Crippen molar-refractivity contribution in [3.05, 3.63) is 66.6 Å². The van der Waals surface area contributed by atoms with Crippen LogP contribution in [0.3, 0.4) is 0 Å². The zero-order chi connectivity index (χ0) is 18.2. The Labute approximate surface area is 145 Å². The zero-order valence-electron chi connectivity index (χ0n) is 13.1. The van der Waals surface area contributed by atoms with Crippen LogP contribution in [-0.4, -0.2) is 30.3 Å². The number of aryl methyl sites for hydroxylation is 1. The van der Waals surface area contributed by atoms with Gasteiger partial charge in [0.25, 0.3) is 20.1 Å². The summed E-state index contributed by atoms with van der Waals surface area (Å²) < 4.78 is 59.0. The molecule has 2 aromatic heterocycles. The van der Waals surface area contributed by atoms with Crippen molar-refractivity contribution in [1.82, 2.24) is 8.96 Å². The van der Waals surface area contributed by atoms with E-state index in [0.717, 1.165) is 21.8 Å². The van der Waals surface area contributed by atoms with Gasteiger partial charge in [-0.05, 0) is 37.3 Å². The van der Waals surface area contributed by atoms with Gasteiger partial charge < -0.3 is 0 Å². The fourth-order valence-corrected chi connectivity index (χ4v) is 4.25. The first-order valence-corrected chi connectivity index (χ1v) is 10.00.